The largest absolute Gasteiger partial charge is 0.495 e. The number of nitrogens with zero attached hydrogens (tertiary/aromatic N) is 2. The van der Waals surface area contributed by atoms with Gasteiger partial charge in [-0.2, -0.15) is 0 Å². The number of aryl methyl sites for hydroxylation is 1. The van der Waals surface area contributed by atoms with Gasteiger partial charge in [-0.1, -0.05) is 23.4 Å². The molecule has 0 aliphatic heterocycles. The quantitative estimate of drug-likeness (QED) is 0.860. The van der Waals surface area contributed by atoms with Crippen LogP contribution in [0.4, 0.5) is 0 Å². The molecule has 1 aromatic heterocycles. The summed E-state index contributed by atoms with van der Waals surface area (Å²) >= 11 is 7.27. The average Bonchev–Trinajstić information content (AvgIpc) is 2.77. The lowest BCUT2D eigenvalue weighted by molar-refractivity contribution is -0.133. The topological polar surface area (TPSA) is 64.4 Å². The van der Waals surface area contributed by atoms with Crippen molar-refractivity contribution < 1.29 is 14.6 Å². The molecular formula is C13H13ClN2O3S. The SMILES string of the molecule is COc1ccc(-n2cc(C)nc2SCC(=O)O)cc1Cl. The molecule has 7 heteroatoms. The van der Waals surface area contributed by atoms with Crippen LogP contribution in [-0.4, -0.2) is 33.5 Å². The zero-order chi connectivity index (χ0) is 14.7. The average molecular weight is 313 g/mol. The Morgan fingerprint density at radius 3 is 2.90 bits per heavy atom. The number of rotatable bonds is 5. The lowest BCUT2D eigenvalue weighted by Crippen LogP contribution is -2.01. The predicted octanol–water partition coefficient (Wildman–Crippen LogP) is 3.02. The van der Waals surface area contributed by atoms with E-state index in [1.165, 1.54) is 0 Å². The van der Waals surface area contributed by atoms with Gasteiger partial charge in [0.25, 0.3) is 0 Å². The molecule has 0 amide bonds. The van der Waals surface area contributed by atoms with Crippen molar-refractivity contribution in [2.75, 3.05) is 12.9 Å². The van der Waals surface area contributed by atoms with Crippen molar-refractivity contribution in [3.63, 3.8) is 0 Å². The molecule has 0 bridgehead atoms. The van der Waals surface area contributed by atoms with Crippen molar-refractivity contribution in [1.82, 2.24) is 9.55 Å². The third-order valence-corrected chi connectivity index (χ3v) is 3.77. The number of ether oxygens (including phenoxy) is 1. The van der Waals surface area contributed by atoms with E-state index in [2.05, 4.69) is 4.98 Å². The highest BCUT2D eigenvalue weighted by molar-refractivity contribution is 7.99. The van der Waals surface area contributed by atoms with Crippen LogP contribution in [0.25, 0.3) is 5.69 Å². The van der Waals surface area contributed by atoms with Gasteiger partial charge in [0.1, 0.15) is 5.75 Å². The number of carboxylic acid groups (broad SMARTS) is 1. The van der Waals surface area contributed by atoms with E-state index in [9.17, 15) is 4.79 Å². The highest BCUT2D eigenvalue weighted by Gasteiger charge is 2.11. The van der Waals surface area contributed by atoms with E-state index in [1.54, 1.807) is 19.2 Å². The molecule has 0 aliphatic rings. The molecule has 2 aromatic rings. The molecule has 2 rings (SSSR count). The first-order valence-corrected chi connectivity index (χ1v) is 7.12. The second-order valence-corrected chi connectivity index (χ2v) is 5.39. The summed E-state index contributed by atoms with van der Waals surface area (Å²) in [5, 5.41) is 9.87. The number of imidazole rings is 1. The molecular weight excluding hydrogens is 300 g/mol. The van der Waals surface area contributed by atoms with Crippen LogP contribution in [0.1, 0.15) is 5.69 Å². The first-order valence-electron chi connectivity index (χ1n) is 5.75. The Labute approximate surface area is 125 Å². The summed E-state index contributed by atoms with van der Waals surface area (Å²) in [6, 6.07) is 5.36. The molecule has 1 heterocycles. The number of hydrogen-bond acceptors (Lipinski definition) is 4. The number of halogens is 1. The van der Waals surface area contributed by atoms with Crippen molar-refractivity contribution in [1.29, 1.82) is 0 Å². The third kappa shape index (κ3) is 3.26. The van der Waals surface area contributed by atoms with Gasteiger partial charge in [0.15, 0.2) is 5.16 Å². The normalized spacial score (nSPS) is 10.6. The Bertz CT molecular complexity index is 643. The van der Waals surface area contributed by atoms with Crippen molar-refractivity contribution in [3.05, 3.63) is 35.1 Å². The molecule has 0 saturated carbocycles. The fraction of sp³-hybridized carbons (Fsp3) is 0.231. The van der Waals surface area contributed by atoms with Crippen molar-refractivity contribution in [2.24, 2.45) is 0 Å². The lowest BCUT2D eigenvalue weighted by atomic mass is 10.3. The Kier molecular flexibility index (Phi) is 4.57. The summed E-state index contributed by atoms with van der Waals surface area (Å²) in [4.78, 5) is 15.0. The smallest absolute Gasteiger partial charge is 0.313 e. The minimum atomic E-state index is -0.880. The summed E-state index contributed by atoms with van der Waals surface area (Å²) in [5.41, 5.74) is 1.62. The van der Waals surface area contributed by atoms with E-state index in [-0.39, 0.29) is 5.75 Å². The first kappa shape index (κ1) is 14.7. The minimum Gasteiger partial charge on any atom is -0.495 e. The fourth-order valence-corrected chi connectivity index (χ4v) is 2.70. The van der Waals surface area contributed by atoms with Gasteiger partial charge in [-0.15, -0.1) is 0 Å². The number of carboxylic acids is 1. The van der Waals surface area contributed by atoms with Crippen molar-refractivity contribution in [2.45, 2.75) is 12.1 Å². The van der Waals surface area contributed by atoms with Crippen LogP contribution in [0.5, 0.6) is 5.75 Å². The van der Waals surface area contributed by atoms with E-state index in [0.717, 1.165) is 23.1 Å². The van der Waals surface area contributed by atoms with Gasteiger partial charge in [0.2, 0.25) is 0 Å². The van der Waals surface area contributed by atoms with E-state index in [4.69, 9.17) is 21.4 Å². The molecule has 1 N–H and O–H groups in total. The van der Waals surface area contributed by atoms with Crippen LogP contribution >= 0.6 is 23.4 Å². The summed E-state index contributed by atoms with van der Waals surface area (Å²) in [6.45, 7) is 1.85. The van der Waals surface area contributed by atoms with Gasteiger partial charge in [0.05, 0.1) is 23.6 Å². The minimum absolute atomic E-state index is 0.0413. The Morgan fingerprint density at radius 2 is 2.30 bits per heavy atom. The number of thioether (sulfide) groups is 1. The number of aromatic nitrogens is 2. The zero-order valence-corrected chi connectivity index (χ0v) is 12.5. The molecule has 106 valence electrons. The van der Waals surface area contributed by atoms with Crippen LogP contribution in [0.15, 0.2) is 29.6 Å². The molecule has 0 fully saturated rings. The molecule has 0 aliphatic carbocycles. The maximum Gasteiger partial charge on any atom is 0.313 e. The molecule has 0 unspecified atom stereocenters. The molecule has 0 spiro atoms. The van der Waals surface area contributed by atoms with Crippen LogP contribution in [0.2, 0.25) is 5.02 Å². The van der Waals surface area contributed by atoms with Gasteiger partial charge >= 0.3 is 5.97 Å². The highest BCUT2D eigenvalue weighted by Crippen LogP contribution is 2.29. The Hall–Kier alpha value is -1.66. The summed E-state index contributed by atoms with van der Waals surface area (Å²) in [6.07, 6.45) is 1.84. The van der Waals surface area contributed by atoms with E-state index in [1.807, 2.05) is 23.8 Å². The molecule has 1 aromatic carbocycles. The van der Waals surface area contributed by atoms with E-state index in [0.29, 0.717) is 15.9 Å². The van der Waals surface area contributed by atoms with Gasteiger partial charge < -0.3 is 9.84 Å². The fourth-order valence-electron chi connectivity index (χ4n) is 1.69. The number of hydrogen-bond donors (Lipinski definition) is 1. The van der Waals surface area contributed by atoms with Crippen molar-refractivity contribution in [3.8, 4) is 11.4 Å². The lowest BCUT2D eigenvalue weighted by Gasteiger charge is -2.09. The maximum atomic E-state index is 10.7. The second kappa shape index (κ2) is 6.19. The molecule has 0 atom stereocenters. The second-order valence-electron chi connectivity index (χ2n) is 4.04. The third-order valence-electron chi connectivity index (χ3n) is 2.53. The monoisotopic (exact) mass is 312 g/mol. The van der Waals surface area contributed by atoms with Gasteiger partial charge in [0, 0.05) is 11.9 Å². The van der Waals surface area contributed by atoms with Crippen LogP contribution in [-0.2, 0) is 4.79 Å². The molecule has 20 heavy (non-hydrogen) atoms. The Balaban J connectivity index is 2.36. The maximum absolute atomic E-state index is 10.7. The predicted molar refractivity (Wildman–Crippen MR) is 78.2 cm³/mol. The zero-order valence-electron chi connectivity index (χ0n) is 11.0. The number of aliphatic carboxylic acids is 1. The molecule has 0 saturated heterocycles. The first-order chi connectivity index (χ1) is 9.51. The highest BCUT2D eigenvalue weighted by atomic mass is 35.5. The van der Waals surface area contributed by atoms with E-state index < -0.39 is 5.97 Å². The van der Waals surface area contributed by atoms with Gasteiger partial charge in [-0.05, 0) is 25.1 Å². The summed E-state index contributed by atoms with van der Waals surface area (Å²) < 4.78 is 6.92. The Morgan fingerprint density at radius 1 is 1.55 bits per heavy atom. The summed E-state index contributed by atoms with van der Waals surface area (Å²) in [5.74, 6) is -0.331. The van der Waals surface area contributed by atoms with Crippen molar-refractivity contribution >= 4 is 29.3 Å². The number of methoxy groups -OCH3 is 1. The molecule has 0 radical (unpaired) electrons. The van der Waals surface area contributed by atoms with Crippen LogP contribution in [0.3, 0.4) is 0 Å². The number of benzene rings is 1. The van der Waals surface area contributed by atoms with Crippen LogP contribution < -0.4 is 4.74 Å². The van der Waals surface area contributed by atoms with Crippen LogP contribution in [0, 0.1) is 6.92 Å². The number of carbonyl (C=O) groups is 1. The van der Waals surface area contributed by atoms with Gasteiger partial charge in [-0.3, -0.25) is 9.36 Å². The summed E-state index contributed by atoms with van der Waals surface area (Å²) in [7, 11) is 1.55. The molecule has 5 nitrogen and oxygen atoms in total. The van der Waals surface area contributed by atoms with Gasteiger partial charge in [-0.25, -0.2) is 4.98 Å². The van der Waals surface area contributed by atoms with E-state index >= 15 is 0 Å². The standard InChI is InChI=1S/C13H13ClN2O3S/c1-8-6-16(13(15-8)20-7-12(17)18)9-3-4-11(19-2)10(14)5-9/h3-6H,7H2,1-2H3,(H,17,18).